The van der Waals surface area contributed by atoms with Crippen LogP contribution in [-0.2, 0) is 7.05 Å². The number of nitrogens with zero attached hydrogens (tertiary/aromatic N) is 4. The van der Waals surface area contributed by atoms with Gasteiger partial charge < -0.3 is 30.5 Å². The molecule has 4 N–H and O–H groups in total. The van der Waals surface area contributed by atoms with Crippen molar-refractivity contribution < 1.29 is 9.47 Å². The number of nitrogens with one attached hydrogen (secondary N) is 2. The van der Waals surface area contributed by atoms with Gasteiger partial charge in [0.05, 0.1) is 31.1 Å². The van der Waals surface area contributed by atoms with Gasteiger partial charge in [-0.3, -0.25) is 4.79 Å². The van der Waals surface area contributed by atoms with Gasteiger partial charge in [0.15, 0.2) is 5.82 Å². The lowest BCUT2D eigenvalue weighted by molar-refractivity contribution is 0.395. The maximum absolute atomic E-state index is 13.0. The summed E-state index contributed by atoms with van der Waals surface area (Å²) in [6, 6.07) is 3.22. The molecule has 1 aromatic carbocycles. The predicted molar refractivity (Wildman–Crippen MR) is 129 cm³/mol. The van der Waals surface area contributed by atoms with Gasteiger partial charge in [-0.1, -0.05) is 11.6 Å². The van der Waals surface area contributed by atoms with E-state index in [0.717, 1.165) is 0 Å². The van der Waals surface area contributed by atoms with Crippen LogP contribution in [0, 0.1) is 5.41 Å². The van der Waals surface area contributed by atoms with Crippen LogP contribution in [0.4, 0.5) is 5.82 Å². The lowest BCUT2D eigenvalue weighted by Crippen LogP contribution is -2.21. The van der Waals surface area contributed by atoms with Gasteiger partial charge in [0.1, 0.15) is 28.6 Å². The first-order valence-electron chi connectivity index (χ1n) is 9.77. The number of hydrogen-bond acceptors (Lipinski definition) is 9. The zero-order valence-electron chi connectivity index (χ0n) is 18.9. The van der Waals surface area contributed by atoms with Gasteiger partial charge in [-0.15, -0.1) is 0 Å². The monoisotopic (exact) mass is 469 g/mol. The molecule has 0 unspecified atom stereocenters. The highest BCUT2D eigenvalue weighted by Gasteiger charge is 2.20. The third-order valence-electron chi connectivity index (χ3n) is 4.81. The highest BCUT2D eigenvalue weighted by molar-refractivity contribution is 6.34. The first kappa shape index (κ1) is 23.7. The van der Waals surface area contributed by atoms with E-state index in [-0.39, 0.29) is 27.8 Å². The summed E-state index contributed by atoms with van der Waals surface area (Å²) in [7, 11) is 6.28. The van der Waals surface area contributed by atoms with E-state index in [2.05, 4.69) is 20.3 Å². The Morgan fingerprint density at radius 3 is 2.58 bits per heavy atom. The summed E-state index contributed by atoms with van der Waals surface area (Å²) in [5.41, 5.74) is 7.96. The summed E-state index contributed by atoms with van der Waals surface area (Å²) in [5, 5.41) is 11.1. The largest absolute Gasteiger partial charge is 0.497 e. The Labute approximate surface area is 195 Å². The van der Waals surface area contributed by atoms with E-state index in [1.54, 1.807) is 39.4 Å². The molecule has 33 heavy (non-hydrogen) atoms. The van der Waals surface area contributed by atoms with E-state index in [9.17, 15) is 4.79 Å². The van der Waals surface area contributed by atoms with Gasteiger partial charge in [0.2, 0.25) is 0 Å². The van der Waals surface area contributed by atoms with Gasteiger partial charge in [0, 0.05) is 49.4 Å². The van der Waals surface area contributed by atoms with E-state index in [0.29, 0.717) is 39.7 Å². The third-order valence-corrected chi connectivity index (χ3v) is 5.20. The lowest BCUT2D eigenvalue weighted by atomic mass is 10.1. The van der Waals surface area contributed by atoms with Crippen LogP contribution in [0.15, 0.2) is 35.5 Å². The molecule has 0 aliphatic rings. The Morgan fingerprint density at radius 2 is 1.97 bits per heavy atom. The molecule has 3 aromatic rings. The average molecular weight is 470 g/mol. The molecule has 0 saturated heterocycles. The lowest BCUT2D eigenvalue weighted by Gasteiger charge is -2.14. The maximum Gasteiger partial charge on any atom is 0.276 e. The van der Waals surface area contributed by atoms with Gasteiger partial charge in [0.25, 0.3) is 5.56 Å². The van der Waals surface area contributed by atoms with Crippen LogP contribution < -0.4 is 26.1 Å². The van der Waals surface area contributed by atoms with E-state index in [1.807, 2.05) is 0 Å². The van der Waals surface area contributed by atoms with Crippen LogP contribution in [-0.4, -0.2) is 46.5 Å². The molecule has 10 nitrogen and oxygen atoms in total. The van der Waals surface area contributed by atoms with Crippen molar-refractivity contribution in [3.8, 4) is 34.1 Å². The molecule has 0 spiro atoms. The van der Waals surface area contributed by atoms with E-state index in [1.165, 1.54) is 31.2 Å². The van der Waals surface area contributed by atoms with Crippen molar-refractivity contribution in [1.82, 2.24) is 24.8 Å². The van der Waals surface area contributed by atoms with Crippen LogP contribution in [0.25, 0.3) is 28.2 Å². The van der Waals surface area contributed by atoms with Crippen LogP contribution in [0.2, 0.25) is 5.02 Å². The Hall–Kier alpha value is -3.92. The molecule has 0 amide bonds. The number of aromatic nitrogens is 4. The van der Waals surface area contributed by atoms with Crippen molar-refractivity contribution in [2.75, 3.05) is 27.0 Å². The zero-order chi connectivity index (χ0) is 24.3. The number of rotatable bonds is 7. The fourth-order valence-electron chi connectivity index (χ4n) is 3.14. The Balaban J connectivity index is 2.28. The quantitative estimate of drug-likeness (QED) is 0.448. The van der Waals surface area contributed by atoms with Gasteiger partial charge >= 0.3 is 0 Å². The maximum atomic E-state index is 13.0. The number of benzene rings is 1. The standard InChI is InChI=1S/C22H24ClN7O3/c1-11(24)14(8-26-2)15-9-27-21(25)20(28-15)16-10-30(3)22(31)19(29-16)13-6-12(32-4)7-17(33-5)18(13)23/h6-10,24,26H,1-5H3,(H2,25,27)/b14-8+,24-11?. The predicted octanol–water partition coefficient (Wildman–Crippen LogP) is 2.76. The Bertz CT molecular complexity index is 1320. The molecule has 0 atom stereocenters. The first-order valence-corrected chi connectivity index (χ1v) is 10.1. The average Bonchev–Trinajstić information content (AvgIpc) is 2.80. The molecule has 0 fully saturated rings. The first-order chi connectivity index (χ1) is 15.7. The molecule has 0 bridgehead atoms. The summed E-state index contributed by atoms with van der Waals surface area (Å²) < 4.78 is 12.0. The molecule has 0 radical (unpaired) electrons. The van der Waals surface area contributed by atoms with Crippen LogP contribution in [0.1, 0.15) is 12.6 Å². The van der Waals surface area contributed by atoms with E-state index >= 15 is 0 Å². The number of methoxy groups -OCH3 is 2. The van der Waals surface area contributed by atoms with E-state index < -0.39 is 0 Å². The highest BCUT2D eigenvalue weighted by Crippen LogP contribution is 2.38. The van der Waals surface area contributed by atoms with Crippen molar-refractivity contribution in [2.24, 2.45) is 7.05 Å². The normalized spacial score (nSPS) is 11.3. The third kappa shape index (κ3) is 4.65. The van der Waals surface area contributed by atoms with Crippen LogP contribution in [0.3, 0.4) is 0 Å². The van der Waals surface area contributed by atoms with Gasteiger partial charge in [-0.2, -0.15) is 0 Å². The molecule has 2 heterocycles. The number of hydrogen-bond donors (Lipinski definition) is 3. The molecule has 2 aromatic heterocycles. The second-order valence-electron chi connectivity index (χ2n) is 7.04. The fraction of sp³-hybridized carbons (Fsp3) is 0.227. The van der Waals surface area contributed by atoms with Gasteiger partial charge in [-0.25, -0.2) is 15.0 Å². The molecule has 0 saturated carbocycles. The summed E-state index contributed by atoms with van der Waals surface area (Å²) in [6.07, 6.45) is 4.64. The summed E-state index contributed by atoms with van der Waals surface area (Å²) >= 11 is 6.50. The van der Waals surface area contributed by atoms with Crippen LogP contribution in [0.5, 0.6) is 11.5 Å². The molecule has 172 valence electrons. The number of nitrogen functional groups attached to an aromatic ring is 1. The minimum absolute atomic E-state index is 0.0676. The number of aryl methyl sites for hydroxylation is 1. The highest BCUT2D eigenvalue weighted by atomic mass is 35.5. The van der Waals surface area contributed by atoms with Crippen molar-refractivity contribution in [1.29, 1.82) is 5.41 Å². The molecular formula is C22H24ClN7O3. The van der Waals surface area contributed by atoms with Crippen molar-refractivity contribution in [2.45, 2.75) is 6.92 Å². The minimum Gasteiger partial charge on any atom is -0.497 e. The second kappa shape index (κ2) is 9.70. The fourth-order valence-corrected chi connectivity index (χ4v) is 3.42. The van der Waals surface area contributed by atoms with Crippen LogP contribution >= 0.6 is 11.6 Å². The molecule has 3 rings (SSSR count). The summed E-state index contributed by atoms with van der Waals surface area (Å²) in [4.78, 5) is 26.3. The zero-order valence-corrected chi connectivity index (χ0v) is 19.6. The number of anilines is 1. The Kier molecular flexibility index (Phi) is 6.98. The number of nitrogens with two attached hydrogens (primary N) is 1. The minimum atomic E-state index is -0.384. The number of allylic oxidation sites excluding steroid dienone is 1. The summed E-state index contributed by atoms with van der Waals surface area (Å²) in [5.74, 6) is 0.909. The smallest absolute Gasteiger partial charge is 0.276 e. The molecule has 0 aliphatic carbocycles. The number of halogens is 1. The number of ether oxygens (including phenoxy) is 2. The molecule has 0 aliphatic heterocycles. The Morgan fingerprint density at radius 1 is 1.24 bits per heavy atom. The van der Waals surface area contributed by atoms with Gasteiger partial charge in [-0.05, 0) is 13.0 Å². The molecule has 11 heteroatoms. The molecular weight excluding hydrogens is 446 g/mol. The topological polar surface area (TPSA) is 141 Å². The SMILES string of the molecule is CN/C=C(\C(C)=N)c1cnc(N)c(-c2cn(C)c(=O)c(-c3cc(OC)cc(OC)c3Cl)n2)n1. The van der Waals surface area contributed by atoms with Crippen molar-refractivity contribution in [3.05, 3.63) is 51.8 Å². The second-order valence-corrected chi connectivity index (χ2v) is 7.42. The van der Waals surface area contributed by atoms with Crippen molar-refractivity contribution >= 4 is 28.7 Å². The summed E-state index contributed by atoms with van der Waals surface area (Å²) in [6.45, 7) is 1.64. The van der Waals surface area contributed by atoms with Crippen molar-refractivity contribution in [3.63, 3.8) is 0 Å². The van der Waals surface area contributed by atoms with E-state index in [4.69, 9.17) is 32.2 Å².